The Kier molecular flexibility index (Phi) is 7.22. The Hall–Kier alpha value is -2.70. The van der Waals surface area contributed by atoms with Crippen LogP contribution in [0.5, 0.6) is 0 Å². The van der Waals surface area contributed by atoms with Gasteiger partial charge in [0.25, 0.3) is 5.56 Å². The van der Waals surface area contributed by atoms with Crippen LogP contribution in [0.1, 0.15) is 49.4 Å². The van der Waals surface area contributed by atoms with Crippen molar-refractivity contribution < 1.29 is 4.74 Å². The van der Waals surface area contributed by atoms with Crippen molar-refractivity contribution in [3.8, 4) is 0 Å². The topological polar surface area (TPSA) is 57.4 Å². The molecule has 32 heavy (non-hydrogen) atoms. The summed E-state index contributed by atoms with van der Waals surface area (Å²) in [6.45, 7) is 6.13. The Morgan fingerprint density at radius 3 is 2.78 bits per heavy atom. The van der Waals surface area contributed by atoms with Crippen molar-refractivity contribution in [1.82, 2.24) is 15.2 Å². The van der Waals surface area contributed by atoms with E-state index >= 15 is 0 Å². The number of nitrogens with one attached hydrogen (secondary N) is 2. The van der Waals surface area contributed by atoms with E-state index in [1.54, 1.807) is 0 Å². The van der Waals surface area contributed by atoms with E-state index in [1.807, 2.05) is 30.3 Å². The van der Waals surface area contributed by atoms with Crippen molar-refractivity contribution >= 4 is 28.2 Å². The summed E-state index contributed by atoms with van der Waals surface area (Å²) in [5.74, 6) is 0. The number of rotatable bonds is 7. The zero-order chi connectivity index (χ0) is 22.5. The molecule has 1 aliphatic heterocycles. The quantitative estimate of drug-likeness (QED) is 0.512. The van der Waals surface area contributed by atoms with Gasteiger partial charge in [-0.05, 0) is 73.1 Å². The SMILES string of the molecule is CCc1ccc2[nH]c(=O)c(CN(C[C@H]3CCCO3)C(=S)N[C@H](C)c3ccccc3)cc2c1. The van der Waals surface area contributed by atoms with Crippen LogP contribution in [0, 0.1) is 0 Å². The first-order chi connectivity index (χ1) is 15.5. The lowest BCUT2D eigenvalue weighted by Gasteiger charge is -2.30. The predicted octanol–water partition coefficient (Wildman–Crippen LogP) is 4.71. The molecule has 0 aliphatic carbocycles. The normalized spacial score (nSPS) is 16.8. The number of aromatic amines is 1. The average molecular weight is 450 g/mol. The first kappa shape index (κ1) is 22.5. The third kappa shape index (κ3) is 5.37. The minimum absolute atomic E-state index is 0.0673. The van der Waals surface area contributed by atoms with E-state index < -0.39 is 0 Å². The molecule has 1 aromatic heterocycles. The second kappa shape index (κ2) is 10.3. The number of thiocarbonyl (C=S) groups is 1. The van der Waals surface area contributed by atoms with Gasteiger partial charge in [0, 0.05) is 24.2 Å². The summed E-state index contributed by atoms with van der Waals surface area (Å²) in [5, 5.41) is 5.14. The largest absolute Gasteiger partial charge is 0.376 e. The third-order valence-corrected chi connectivity index (χ3v) is 6.51. The van der Waals surface area contributed by atoms with Crippen LogP contribution in [0.25, 0.3) is 10.9 Å². The standard InChI is InChI=1S/C26H31N3O2S/c1-3-19-11-12-24-21(14-19)15-22(25(30)28-24)16-29(17-23-10-7-13-31-23)26(32)27-18(2)20-8-5-4-6-9-20/h4-6,8-9,11-12,14-15,18,23H,3,7,10,13,16-17H2,1-2H3,(H,27,32)(H,28,30)/t18-,23-/m1/s1. The maximum Gasteiger partial charge on any atom is 0.253 e. The molecule has 1 fully saturated rings. The van der Waals surface area contributed by atoms with Crippen LogP contribution in [0.3, 0.4) is 0 Å². The van der Waals surface area contributed by atoms with Crippen LogP contribution >= 0.6 is 12.2 Å². The second-order valence-electron chi connectivity index (χ2n) is 8.50. The molecule has 0 radical (unpaired) electrons. The van der Waals surface area contributed by atoms with E-state index in [2.05, 4.69) is 53.3 Å². The summed E-state index contributed by atoms with van der Waals surface area (Å²) in [6, 6.07) is 18.5. The molecule has 5 nitrogen and oxygen atoms in total. The second-order valence-corrected chi connectivity index (χ2v) is 8.88. The van der Waals surface area contributed by atoms with E-state index in [0.29, 0.717) is 23.8 Å². The molecule has 1 saturated heterocycles. The van der Waals surface area contributed by atoms with Gasteiger partial charge in [0.15, 0.2) is 5.11 Å². The fourth-order valence-corrected chi connectivity index (χ4v) is 4.52. The molecule has 0 bridgehead atoms. The van der Waals surface area contributed by atoms with Gasteiger partial charge in [0.1, 0.15) is 0 Å². The summed E-state index contributed by atoms with van der Waals surface area (Å²) in [5.41, 5.74) is 3.92. The van der Waals surface area contributed by atoms with Crippen LogP contribution in [0.4, 0.5) is 0 Å². The minimum atomic E-state index is -0.0713. The predicted molar refractivity (Wildman–Crippen MR) is 134 cm³/mol. The number of aromatic nitrogens is 1. The number of hydrogen-bond donors (Lipinski definition) is 2. The summed E-state index contributed by atoms with van der Waals surface area (Å²) in [7, 11) is 0. The van der Waals surface area contributed by atoms with Gasteiger partial charge in [-0.1, -0.05) is 43.3 Å². The lowest BCUT2D eigenvalue weighted by Crippen LogP contribution is -2.44. The highest BCUT2D eigenvalue weighted by atomic mass is 32.1. The highest BCUT2D eigenvalue weighted by Gasteiger charge is 2.23. The van der Waals surface area contributed by atoms with E-state index in [9.17, 15) is 4.79 Å². The smallest absolute Gasteiger partial charge is 0.253 e. The number of ether oxygens (including phenoxy) is 1. The molecule has 0 amide bonds. The molecular weight excluding hydrogens is 418 g/mol. The number of pyridine rings is 1. The van der Waals surface area contributed by atoms with Gasteiger partial charge in [-0.3, -0.25) is 4.79 Å². The van der Waals surface area contributed by atoms with Crippen LogP contribution in [0.15, 0.2) is 59.4 Å². The number of nitrogens with zero attached hydrogens (tertiary/aromatic N) is 1. The van der Waals surface area contributed by atoms with Gasteiger partial charge in [-0.25, -0.2) is 0 Å². The highest BCUT2D eigenvalue weighted by Crippen LogP contribution is 2.19. The van der Waals surface area contributed by atoms with Gasteiger partial charge >= 0.3 is 0 Å². The maximum atomic E-state index is 12.8. The van der Waals surface area contributed by atoms with Gasteiger partial charge in [0.05, 0.1) is 18.7 Å². The molecule has 2 aromatic carbocycles. The first-order valence-electron chi connectivity index (χ1n) is 11.4. The molecule has 168 valence electrons. The Morgan fingerprint density at radius 1 is 1.25 bits per heavy atom. The van der Waals surface area contributed by atoms with E-state index in [-0.39, 0.29) is 17.7 Å². The molecule has 2 atom stereocenters. The number of fused-ring (bicyclic) bond motifs is 1. The number of benzene rings is 2. The van der Waals surface area contributed by atoms with Gasteiger partial charge in [0.2, 0.25) is 0 Å². The molecule has 6 heteroatoms. The molecule has 2 heterocycles. The van der Waals surface area contributed by atoms with Gasteiger partial charge in [-0.2, -0.15) is 0 Å². The number of aryl methyl sites for hydroxylation is 1. The summed E-state index contributed by atoms with van der Waals surface area (Å²) >= 11 is 5.81. The molecule has 0 spiro atoms. The Morgan fingerprint density at radius 2 is 2.06 bits per heavy atom. The fraction of sp³-hybridized carbons (Fsp3) is 0.385. The summed E-state index contributed by atoms with van der Waals surface area (Å²) in [6.07, 6.45) is 3.17. The van der Waals surface area contributed by atoms with Gasteiger partial charge in [-0.15, -0.1) is 0 Å². The Balaban J connectivity index is 1.58. The highest BCUT2D eigenvalue weighted by molar-refractivity contribution is 7.80. The molecule has 1 aliphatic rings. The van der Waals surface area contributed by atoms with E-state index in [0.717, 1.165) is 36.8 Å². The number of hydrogen-bond acceptors (Lipinski definition) is 3. The zero-order valence-corrected chi connectivity index (χ0v) is 19.6. The minimum Gasteiger partial charge on any atom is -0.376 e. The third-order valence-electron chi connectivity index (χ3n) is 6.13. The van der Waals surface area contributed by atoms with Crippen molar-refractivity contribution in [2.75, 3.05) is 13.2 Å². The Bertz CT molecular complexity index is 1120. The average Bonchev–Trinajstić information content (AvgIpc) is 3.32. The number of H-pyrrole nitrogens is 1. The molecule has 3 aromatic rings. The summed E-state index contributed by atoms with van der Waals surface area (Å²) in [4.78, 5) is 18.0. The van der Waals surface area contributed by atoms with Crippen LogP contribution < -0.4 is 10.9 Å². The maximum absolute atomic E-state index is 12.8. The van der Waals surface area contributed by atoms with E-state index in [1.165, 1.54) is 11.1 Å². The van der Waals surface area contributed by atoms with Crippen molar-refractivity contribution in [3.63, 3.8) is 0 Å². The zero-order valence-electron chi connectivity index (χ0n) is 18.8. The van der Waals surface area contributed by atoms with Crippen molar-refractivity contribution in [2.24, 2.45) is 0 Å². The lowest BCUT2D eigenvalue weighted by atomic mass is 10.1. The molecule has 2 N–H and O–H groups in total. The van der Waals surface area contributed by atoms with Crippen molar-refractivity contribution in [3.05, 3.63) is 81.6 Å². The molecule has 0 saturated carbocycles. The molecule has 0 unspecified atom stereocenters. The van der Waals surface area contributed by atoms with Crippen LogP contribution in [0.2, 0.25) is 0 Å². The van der Waals surface area contributed by atoms with Crippen LogP contribution in [-0.2, 0) is 17.7 Å². The van der Waals surface area contributed by atoms with E-state index in [4.69, 9.17) is 17.0 Å². The lowest BCUT2D eigenvalue weighted by molar-refractivity contribution is 0.0895. The Labute approximate surface area is 194 Å². The summed E-state index contributed by atoms with van der Waals surface area (Å²) < 4.78 is 5.88. The monoisotopic (exact) mass is 449 g/mol. The van der Waals surface area contributed by atoms with Gasteiger partial charge < -0.3 is 19.9 Å². The molecular formula is C26H31N3O2S. The molecule has 4 rings (SSSR count). The van der Waals surface area contributed by atoms with Crippen molar-refractivity contribution in [1.29, 1.82) is 0 Å². The van der Waals surface area contributed by atoms with Crippen molar-refractivity contribution in [2.45, 2.75) is 51.8 Å². The fourth-order valence-electron chi connectivity index (χ4n) is 4.20. The van der Waals surface area contributed by atoms with Crippen LogP contribution in [-0.4, -0.2) is 34.3 Å². The first-order valence-corrected chi connectivity index (χ1v) is 11.8.